The van der Waals surface area contributed by atoms with Crippen LogP contribution in [0.2, 0.25) is 0 Å². The Balaban J connectivity index is 1.60. The van der Waals surface area contributed by atoms with Crippen molar-refractivity contribution in [1.82, 2.24) is 10.3 Å². The molecule has 8 heteroatoms. The number of halogens is 1. The molecule has 0 aliphatic carbocycles. The van der Waals surface area contributed by atoms with Gasteiger partial charge in [0.1, 0.15) is 6.04 Å². The van der Waals surface area contributed by atoms with Crippen LogP contribution in [0.3, 0.4) is 0 Å². The summed E-state index contributed by atoms with van der Waals surface area (Å²) in [6.45, 7) is 3.67. The van der Waals surface area contributed by atoms with Crippen LogP contribution in [0.25, 0.3) is 11.3 Å². The van der Waals surface area contributed by atoms with Gasteiger partial charge in [-0.15, -0.1) is 22.7 Å². The lowest BCUT2D eigenvalue weighted by molar-refractivity contribution is -0.117. The van der Waals surface area contributed by atoms with E-state index in [1.54, 1.807) is 19.1 Å². The number of benzene rings is 1. The lowest BCUT2D eigenvalue weighted by Gasteiger charge is -2.12. The van der Waals surface area contributed by atoms with Gasteiger partial charge in [0.25, 0.3) is 5.91 Å². The third kappa shape index (κ3) is 4.57. The Kier molecular flexibility index (Phi) is 5.85. The molecule has 1 unspecified atom stereocenters. The van der Waals surface area contributed by atoms with Crippen LogP contribution >= 0.6 is 38.6 Å². The average molecular weight is 450 g/mol. The second-order valence-corrected chi connectivity index (χ2v) is 9.01. The molecule has 5 nitrogen and oxygen atoms in total. The molecule has 0 bridgehead atoms. The van der Waals surface area contributed by atoms with Crippen molar-refractivity contribution in [3.63, 3.8) is 0 Å². The van der Waals surface area contributed by atoms with E-state index in [2.05, 4.69) is 31.5 Å². The van der Waals surface area contributed by atoms with Crippen molar-refractivity contribution in [1.29, 1.82) is 0 Å². The van der Waals surface area contributed by atoms with Crippen molar-refractivity contribution >= 4 is 55.5 Å². The zero-order chi connectivity index (χ0) is 18.7. The summed E-state index contributed by atoms with van der Waals surface area (Å²) in [5.41, 5.74) is 2.99. The van der Waals surface area contributed by atoms with Gasteiger partial charge >= 0.3 is 0 Å². The van der Waals surface area contributed by atoms with Crippen LogP contribution in [0.15, 0.2) is 45.6 Å². The van der Waals surface area contributed by atoms with Gasteiger partial charge in [0, 0.05) is 10.9 Å². The van der Waals surface area contributed by atoms with Crippen molar-refractivity contribution < 1.29 is 9.59 Å². The van der Waals surface area contributed by atoms with Gasteiger partial charge in [-0.2, -0.15) is 0 Å². The van der Waals surface area contributed by atoms with Gasteiger partial charge in [0.15, 0.2) is 5.13 Å². The molecule has 2 aromatic heterocycles. The topological polar surface area (TPSA) is 71.1 Å². The van der Waals surface area contributed by atoms with E-state index in [4.69, 9.17) is 0 Å². The van der Waals surface area contributed by atoms with Crippen molar-refractivity contribution in [2.45, 2.75) is 19.9 Å². The van der Waals surface area contributed by atoms with E-state index in [1.807, 2.05) is 36.6 Å². The number of hydrogen-bond donors (Lipinski definition) is 2. The van der Waals surface area contributed by atoms with Gasteiger partial charge in [-0.05, 0) is 41.9 Å². The van der Waals surface area contributed by atoms with Crippen LogP contribution < -0.4 is 10.6 Å². The lowest BCUT2D eigenvalue weighted by Crippen LogP contribution is -2.41. The molecule has 3 rings (SSSR count). The Bertz CT molecular complexity index is 934. The number of carbonyl (C=O) groups is 2. The quantitative estimate of drug-likeness (QED) is 0.592. The first-order chi connectivity index (χ1) is 12.4. The minimum atomic E-state index is -0.671. The molecule has 134 valence electrons. The Morgan fingerprint density at radius 1 is 1.15 bits per heavy atom. The zero-order valence-electron chi connectivity index (χ0n) is 14.1. The van der Waals surface area contributed by atoms with Crippen LogP contribution in [0, 0.1) is 6.92 Å². The maximum Gasteiger partial charge on any atom is 0.262 e. The van der Waals surface area contributed by atoms with E-state index < -0.39 is 6.04 Å². The Morgan fingerprint density at radius 2 is 1.88 bits per heavy atom. The molecule has 26 heavy (non-hydrogen) atoms. The molecule has 0 fully saturated rings. The van der Waals surface area contributed by atoms with Crippen LogP contribution in [0.5, 0.6) is 0 Å². The summed E-state index contributed by atoms with van der Waals surface area (Å²) in [6.07, 6.45) is 0. The van der Waals surface area contributed by atoms with E-state index in [-0.39, 0.29) is 11.8 Å². The van der Waals surface area contributed by atoms with Crippen molar-refractivity contribution in [2.24, 2.45) is 0 Å². The number of anilines is 1. The molecule has 0 saturated carbocycles. The van der Waals surface area contributed by atoms with Gasteiger partial charge in [-0.25, -0.2) is 4.98 Å². The summed E-state index contributed by atoms with van der Waals surface area (Å²) >= 11 is 5.99. The molecule has 1 aromatic carbocycles. The van der Waals surface area contributed by atoms with Gasteiger partial charge in [-0.1, -0.05) is 29.8 Å². The summed E-state index contributed by atoms with van der Waals surface area (Å²) in [4.78, 5) is 29.4. The van der Waals surface area contributed by atoms with E-state index in [1.165, 1.54) is 28.2 Å². The SMILES string of the molecule is Cc1ccc(-c2csc(NC(=O)C(C)NC(=O)c3ccc(Br)s3)n2)cc1. The van der Waals surface area contributed by atoms with Gasteiger partial charge < -0.3 is 10.6 Å². The molecule has 0 aliphatic rings. The summed E-state index contributed by atoms with van der Waals surface area (Å²) in [5.74, 6) is -0.582. The largest absolute Gasteiger partial charge is 0.340 e. The predicted molar refractivity (Wildman–Crippen MR) is 110 cm³/mol. The number of thiophene rings is 1. The number of aromatic nitrogens is 1. The molecule has 2 N–H and O–H groups in total. The molecule has 1 atom stereocenters. The molecule has 3 aromatic rings. The number of rotatable bonds is 5. The van der Waals surface area contributed by atoms with E-state index >= 15 is 0 Å². The molecule has 0 saturated heterocycles. The first kappa shape index (κ1) is 18.8. The predicted octanol–water partition coefficient (Wildman–Crippen LogP) is 4.70. The van der Waals surface area contributed by atoms with Gasteiger partial charge in [-0.3, -0.25) is 9.59 Å². The normalized spacial score (nSPS) is 11.8. The number of nitrogens with one attached hydrogen (secondary N) is 2. The summed E-state index contributed by atoms with van der Waals surface area (Å²) in [6, 6.07) is 10.9. The average Bonchev–Trinajstić information content (AvgIpc) is 3.24. The zero-order valence-corrected chi connectivity index (χ0v) is 17.3. The second kappa shape index (κ2) is 8.11. The summed E-state index contributed by atoms with van der Waals surface area (Å²) in [5, 5.41) is 7.84. The fourth-order valence-electron chi connectivity index (χ4n) is 2.17. The minimum Gasteiger partial charge on any atom is -0.340 e. The molecule has 2 heterocycles. The van der Waals surface area contributed by atoms with Crippen molar-refractivity contribution in [3.05, 3.63) is 56.0 Å². The lowest BCUT2D eigenvalue weighted by atomic mass is 10.1. The number of carbonyl (C=O) groups excluding carboxylic acids is 2. The Hall–Kier alpha value is -2.03. The molecule has 0 radical (unpaired) electrons. The fraction of sp³-hybridized carbons (Fsp3) is 0.167. The second-order valence-electron chi connectivity index (χ2n) is 5.69. The molecule has 0 spiro atoms. The number of aryl methyl sites for hydroxylation is 1. The number of nitrogens with zero attached hydrogens (tertiary/aromatic N) is 1. The third-order valence-electron chi connectivity index (χ3n) is 3.62. The van der Waals surface area contributed by atoms with Crippen LogP contribution in [0.4, 0.5) is 5.13 Å². The highest BCUT2D eigenvalue weighted by Gasteiger charge is 2.19. The minimum absolute atomic E-state index is 0.275. The van der Waals surface area contributed by atoms with Crippen LogP contribution in [-0.2, 0) is 4.79 Å². The smallest absolute Gasteiger partial charge is 0.262 e. The number of hydrogen-bond acceptors (Lipinski definition) is 5. The van der Waals surface area contributed by atoms with Crippen molar-refractivity contribution in [2.75, 3.05) is 5.32 Å². The van der Waals surface area contributed by atoms with Crippen molar-refractivity contribution in [3.8, 4) is 11.3 Å². The van der Waals surface area contributed by atoms with Gasteiger partial charge in [0.05, 0.1) is 14.4 Å². The monoisotopic (exact) mass is 449 g/mol. The van der Waals surface area contributed by atoms with E-state index in [0.29, 0.717) is 10.0 Å². The van der Waals surface area contributed by atoms with E-state index in [9.17, 15) is 9.59 Å². The highest BCUT2D eigenvalue weighted by atomic mass is 79.9. The first-order valence-corrected chi connectivity index (χ1v) is 10.3. The Morgan fingerprint density at radius 3 is 2.54 bits per heavy atom. The molecular formula is C18H16BrN3O2S2. The van der Waals surface area contributed by atoms with Crippen LogP contribution in [0.1, 0.15) is 22.2 Å². The Labute approximate surface area is 167 Å². The highest BCUT2D eigenvalue weighted by Crippen LogP contribution is 2.25. The maximum absolute atomic E-state index is 12.3. The maximum atomic E-state index is 12.3. The van der Waals surface area contributed by atoms with Gasteiger partial charge in [0.2, 0.25) is 5.91 Å². The third-order valence-corrected chi connectivity index (χ3v) is 6.00. The number of amides is 2. The van der Waals surface area contributed by atoms with Crippen LogP contribution in [-0.4, -0.2) is 22.8 Å². The fourth-order valence-corrected chi connectivity index (χ4v) is 4.18. The van der Waals surface area contributed by atoms with E-state index in [0.717, 1.165) is 15.0 Å². The first-order valence-electron chi connectivity index (χ1n) is 7.82. The highest BCUT2D eigenvalue weighted by molar-refractivity contribution is 9.11. The molecule has 0 aliphatic heterocycles. The molecular weight excluding hydrogens is 434 g/mol. The molecule has 2 amide bonds. The standard InChI is InChI=1S/C18H16BrN3O2S2/c1-10-3-5-12(6-4-10)13-9-25-18(21-13)22-16(23)11(2)20-17(24)14-7-8-15(19)26-14/h3-9,11H,1-2H3,(H,20,24)(H,21,22,23). The number of thiazole rings is 1. The summed E-state index contributed by atoms with van der Waals surface area (Å²) in [7, 11) is 0. The summed E-state index contributed by atoms with van der Waals surface area (Å²) < 4.78 is 0.867.